The van der Waals surface area contributed by atoms with E-state index in [0.29, 0.717) is 34.0 Å². The van der Waals surface area contributed by atoms with Crippen molar-refractivity contribution in [1.82, 2.24) is 25.3 Å². The second-order valence-electron chi connectivity index (χ2n) is 7.19. The van der Waals surface area contributed by atoms with Crippen LogP contribution in [-0.4, -0.2) is 55.3 Å². The van der Waals surface area contributed by atoms with Gasteiger partial charge in [-0.2, -0.15) is 0 Å². The maximum Gasteiger partial charge on any atom is 0.321 e. The average Bonchev–Trinajstić information content (AvgIpc) is 3.25. The van der Waals surface area contributed by atoms with Crippen LogP contribution in [0.3, 0.4) is 0 Å². The van der Waals surface area contributed by atoms with Gasteiger partial charge in [0.1, 0.15) is 12.2 Å². The summed E-state index contributed by atoms with van der Waals surface area (Å²) < 4.78 is 26.2. The summed E-state index contributed by atoms with van der Waals surface area (Å²) in [6.45, 7) is 2.28. The minimum absolute atomic E-state index is 0.315. The fraction of sp³-hybridized carbons (Fsp3) is 0.227. The summed E-state index contributed by atoms with van der Waals surface area (Å²) in [5.41, 5.74) is 3.26. The van der Waals surface area contributed by atoms with E-state index in [4.69, 9.17) is 0 Å². The number of carbonyl (C=O) groups excluding carboxylic acids is 1. The summed E-state index contributed by atoms with van der Waals surface area (Å²) in [6.07, 6.45) is -2.93. The maximum atomic E-state index is 12.7. The molecule has 0 aliphatic carbocycles. The number of nitrogens with one attached hydrogen (secondary N) is 2. The van der Waals surface area contributed by atoms with E-state index in [1.54, 1.807) is 18.3 Å². The molecular weight excluding hydrogens is 466 g/mol. The first-order valence-electron chi connectivity index (χ1n) is 10.2. The minimum atomic E-state index is -3.13. The molecule has 0 aliphatic heterocycles. The number of fused-ring (bicyclic) bond motifs is 1. The highest BCUT2D eigenvalue weighted by Gasteiger charge is 2.29. The van der Waals surface area contributed by atoms with Gasteiger partial charge in [0.05, 0.1) is 15.9 Å². The van der Waals surface area contributed by atoms with Crippen LogP contribution < -0.4 is 10.6 Å². The first kappa shape index (κ1) is 23.5. The van der Waals surface area contributed by atoms with E-state index in [2.05, 4.69) is 30.6 Å². The minimum Gasteiger partial charge on any atom is -0.384 e. The lowest BCUT2D eigenvalue weighted by Gasteiger charge is -2.15. The van der Waals surface area contributed by atoms with Crippen LogP contribution in [-0.2, 0) is 0 Å². The lowest BCUT2D eigenvalue weighted by molar-refractivity contribution is -0.0800. The molecule has 0 spiro atoms. The Bertz CT molecular complexity index is 1290. The molecule has 2 atom stereocenters. The zero-order valence-electron chi connectivity index (χ0n) is 17.8. The Hall–Kier alpha value is -3.61. The number of aliphatic hydroxyl groups is 2. The Labute approximate surface area is 196 Å². The maximum absolute atomic E-state index is 12.7. The van der Waals surface area contributed by atoms with E-state index in [9.17, 15) is 23.8 Å². The summed E-state index contributed by atoms with van der Waals surface area (Å²) in [7, 11) is 0. The smallest absolute Gasteiger partial charge is 0.321 e. The molecule has 34 heavy (non-hydrogen) atoms. The van der Waals surface area contributed by atoms with Gasteiger partial charge in [-0.15, -0.1) is 0 Å². The summed E-state index contributed by atoms with van der Waals surface area (Å²) in [5, 5.41) is 25.0. The number of hydrogen-bond donors (Lipinski definition) is 4. The zero-order valence-corrected chi connectivity index (χ0v) is 18.6. The second-order valence-corrected chi connectivity index (χ2v) is 8.19. The van der Waals surface area contributed by atoms with Crippen molar-refractivity contribution in [2.45, 2.75) is 25.6 Å². The number of benzene rings is 1. The molecule has 1 aromatic carbocycles. The lowest BCUT2D eigenvalue weighted by Crippen LogP contribution is -2.28. The van der Waals surface area contributed by atoms with Crippen LogP contribution in [0.1, 0.15) is 18.9 Å². The van der Waals surface area contributed by atoms with Gasteiger partial charge < -0.3 is 15.5 Å². The largest absolute Gasteiger partial charge is 0.384 e. The monoisotopic (exact) mass is 486 g/mol. The number of carbonyl (C=O) groups is 1. The van der Waals surface area contributed by atoms with Crippen molar-refractivity contribution >= 4 is 32.7 Å². The SMILES string of the molecule is CCNC(=O)Nc1nc2cc(-c3cnc([C@H](O)[C@@H](O)C(F)F)nc3)cc(-c3ccccn3)c2s1. The van der Waals surface area contributed by atoms with Crippen molar-refractivity contribution < 1.29 is 23.8 Å². The first-order chi connectivity index (χ1) is 16.4. The van der Waals surface area contributed by atoms with Crippen LogP contribution in [0.25, 0.3) is 32.6 Å². The van der Waals surface area contributed by atoms with Crippen LogP contribution in [0.4, 0.5) is 18.7 Å². The van der Waals surface area contributed by atoms with Crippen LogP contribution >= 0.6 is 11.3 Å². The van der Waals surface area contributed by atoms with Crippen molar-refractivity contribution in [2.24, 2.45) is 0 Å². The standard InChI is InChI=1S/C22H20F2N6O3S/c1-2-25-21(33)30-22-29-15-8-11(7-13(18(15)34-22)14-5-3-4-6-26-14)12-9-27-20(28-10-12)17(32)16(31)19(23)24/h3-10,16-17,19,31-32H,2H2,1H3,(H2,25,29,30,33)/t16-,17-/m1/s1. The molecule has 3 heterocycles. The van der Waals surface area contributed by atoms with E-state index >= 15 is 0 Å². The average molecular weight is 487 g/mol. The summed E-state index contributed by atoms with van der Waals surface area (Å²) in [6, 6.07) is 8.77. The second kappa shape index (κ2) is 10.1. The van der Waals surface area contributed by atoms with Gasteiger partial charge in [0.2, 0.25) is 0 Å². The van der Waals surface area contributed by atoms with Gasteiger partial charge in [-0.3, -0.25) is 10.3 Å². The molecule has 0 aliphatic rings. The highest BCUT2D eigenvalue weighted by atomic mass is 32.1. The Morgan fingerprint density at radius 3 is 2.53 bits per heavy atom. The third kappa shape index (κ3) is 4.98. The number of alkyl halides is 2. The van der Waals surface area contributed by atoms with Crippen LogP contribution in [0.5, 0.6) is 0 Å². The van der Waals surface area contributed by atoms with Crippen LogP contribution in [0.15, 0.2) is 48.9 Å². The van der Waals surface area contributed by atoms with Gasteiger partial charge in [0.25, 0.3) is 6.43 Å². The van der Waals surface area contributed by atoms with Crippen LogP contribution in [0.2, 0.25) is 0 Å². The van der Waals surface area contributed by atoms with Crippen LogP contribution in [0, 0.1) is 0 Å². The third-order valence-corrected chi connectivity index (χ3v) is 5.86. The number of aliphatic hydroxyl groups excluding tert-OH is 2. The van der Waals surface area contributed by atoms with E-state index < -0.39 is 18.6 Å². The zero-order chi connectivity index (χ0) is 24.2. The predicted molar refractivity (Wildman–Crippen MR) is 124 cm³/mol. The highest BCUT2D eigenvalue weighted by Crippen LogP contribution is 2.38. The number of thiazole rings is 1. The fourth-order valence-electron chi connectivity index (χ4n) is 3.20. The molecule has 4 N–H and O–H groups in total. The number of rotatable bonds is 7. The molecule has 12 heteroatoms. The Balaban J connectivity index is 1.75. The number of amides is 2. The van der Waals surface area contributed by atoms with Crippen molar-refractivity contribution in [3.63, 3.8) is 0 Å². The number of hydrogen-bond acceptors (Lipinski definition) is 8. The van der Waals surface area contributed by atoms with Gasteiger partial charge >= 0.3 is 6.03 Å². The molecule has 0 bridgehead atoms. The number of aromatic nitrogens is 4. The molecule has 3 aromatic heterocycles. The van der Waals surface area contributed by atoms with E-state index in [1.165, 1.54) is 23.7 Å². The predicted octanol–water partition coefficient (Wildman–Crippen LogP) is 3.62. The summed E-state index contributed by atoms with van der Waals surface area (Å²) in [4.78, 5) is 28.8. The molecule has 4 rings (SSSR count). The topological polar surface area (TPSA) is 133 Å². The Morgan fingerprint density at radius 2 is 1.88 bits per heavy atom. The number of halogens is 2. The summed E-state index contributed by atoms with van der Waals surface area (Å²) >= 11 is 1.30. The number of nitrogens with zero attached hydrogens (tertiary/aromatic N) is 4. The molecule has 4 aromatic rings. The number of anilines is 1. The Kier molecular flexibility index (Phi) is 7.01. The molecule has 0 saturated carbocycles. The summed E-state index contributed by atoms with van der Waals surface area (Å²) in [5.74, 6) is -0.315. The molecule has 0 saturated heterocycles. The molecule has 9 nitrogen and oxygen atoms in total. The normalized spacial score (nSPS) is 13.1. The quantitative estimate of drug-likeness (QED) is 0.314. The van der Waals surface area contributed by atoms with Crippen molar-refractivity contribution in [2.75, 3.05) is 11.9 Å². The molecule has 176 valence electrons. The van der Waals surface area contributed by atoms with E-state index in [1.807, 2.05) is 25.1 Å². The van der Waals surface area contributed by atoms with Gasteiger partial charge in [-0.1, -0.05) is 17.4 Å². The number of pyridine rings is 1. The first-order valence-corrected chi connectivity index (χ1v) is 11.1. The van der Waals surface area contributed by atoms with Gasteiger partial charge in [-0.25, -0.2) is 28.5 Å². The van der Waals surface area contributed by atoms with Gasteiger partial charge in [-0.05, 0) is 36.8 Å². The molecule has 0 unspecified atom stereocenters. The van der Waals surface area contributed by atoms with Crippen molar-refractivity contribution in [3.8, 4) is 22.4 Å². The third-order valence-electron chi connectivity index (χ3n) is 4.84. The molecule has 0 radical (unpaired) electrons. The van der Waals surface area contributed by atoms with E-state index in [0.717, 1.165) is 10.3 Å². The van der Waals surface area contributed by atoms with Crippen molar-refractivity contribution in [3.05, 3.63) is 54.7 Å². The Morgan fingerprint density at radius 1 is 1.12 bits per heavy atom. The molecule has 0 fully saturated rings. The molecule has 2 amide bonds. The van der Waals surface area contributed by atoms with Crippen molar-refractivity contribution in [1.29, 1.82) is 0 Å². The molecular formula is C22H20F2N6O3S. The number of urea groups is 1. The lowest BCUT2D eigenvalue weighted by atomic mass is 10.0. The van der Waals surface area contributed by atoms with Gasteiger partial charge in [0.15, 0.2) is 11.0 Å². The van der Waals surface area contributed by atoms with Gasteiger partial charge in [0, 0.05) is 36.3 Å². The van der Waals surface area contributed by atoms with E-state index in [-0.39, 0.29) is 11.9 Å². The fourth-order valence-corrected chi connectivity index (χ4v) is 4.16. The highest BCUT2D eigenvalue weighted by molar-refractivity contribution is 7.22.